The van der Waals surface area contributed by atoms with Crippen LogP contribution in [0.25, 0.3) is 10.8 Å². The molecule has 2 atom stereocenters. The van der Waals surface area contributed by atoms with Crippen LogP contribution < -0.4 is 20.3 Å². The summed E-state index contributed by atoms with van der Waals surface area (Å²) in [5.41, 5.74) is 1.82. The van der Waals surface area contributed by atoms with Gasteiger partial charge in [0.25, 0.3) is 5.91 Å². The first-order valence-electron chi connectivity index (χ1n) is 9.75. The predicted octanol–water partition coefficient (Wildman–Crippen LogP) is 2.93. The summed E-state index contributed by atoms with van der Waals surface area (Å²) < 4.78 is 5.68. The number of carbonyl (C=O) groups excluding carboxylic acids is 2. The van der Waals surface area contributed by atoms with E-state index in [-0.39, 0.29) is 30.5 Å². The zero-order chi connectivity index (χ0) is 19.8. The summed E-state index contributed by atoms with van der Waals surface area (Å²) in [5.74, 6) is 0.459. The maximum atomic E-state index is 12.4. The third kappa shape index (κ3) is 3.38. The molecule has 1 saturated heterocycles. The molecule has 6 heteroatoms. The van der Waals surface area contributed by atoms with Gasteiger partial charge in [0.15, 0.2) is 6.61 Å². The van der Waals surface area contributed by atoms with Crippen LogP contribution in [0.4, 0.5) is 11.4 Å². The fourth-order valence-electron chi connectivity index (χ4n) is 4.18. The minimum atomic E-state index is -0.253. The van der Waals surface area contributed by atoms with E-state index in [9.17, 15) is 9.59 Å². The molecule has 2 unspecified atom stereocenters. The quantitative estimate of drug-likeness (QED) is 0.722. The topological polar surface area (TPSA) is 70.7 Å². The summed E-state index contributed by atoms with van der Waals surface area (Å²) in [6.07, 6.45) is 0.585. The summed E-state index contributed by atoms with van der Waals surface area (Å²) in [7, 11) is 0. The molecular formula is C23H21N3O3. The van der Waals surface area contributed by atoms with Gasteiger partial charge < -0.3 is 20.3 Å². The summed E-state index contributed by atoms with van der Waals surface area (Å²) in [4.78, 5) is 26.9. The van der Waals surface area contributed by atoms with E-state index in [2.05, 4.69) is 15.5 Å². The number of nitrogens with one attached hydrogen (secondary N) is 2. The van der Waals surface area contributed by atoms with Gasteiger partial charge in [-0.1, -0.05) is 42.5 Å². The molecule has 5 rings (SSSR count). The molecule has 29 heavy (non-hydrogen) atoms. The predicted molar refractivity (Wildman–Crippen MR) is 112 cm³/mol. The number of amides is 2. The zero-order valence-electron chi connectivity index (χ0n) is 15.8. The Morgan fingerprint density at radius 3 is 2.76 bits per heavy atom. The van der Waals surface area contributed by atoms with E-state index in [1.54, 1.807) is 0 Å². The first kappa shape index (κ1) is 17.6. The van der Waals surface area contributed by atoms with E-state index in [0.717, 1.165) is 22.1 Å². The summed E-state index contributed by atoms with van der Waals surface area (Å²) in [6.45, 7) is 0.555. The van der Waals surface area contributed by atoms with Crippen molar-refractivity contribution in [2.24, 2.45) is 0 Å². The average Bonchev–Trinajstić information content (AvgIpc) is 3.17. The van der Waals surface area contributed by atoms with E-state index in [1.165, 1.54) is 0 Å². The Morgan fingerprint density at radius 2 is 1.86 bits per heavy atom. The summed E-state index contributed by atoms with van der Waals surface area (Å²) >= 11 is 0. The van der Waals surface area contributed by atoms with E-state index in [1.807, 2.05) is 66.7 Å². The largest absolute Gasteiger partial charge is 0.484 e. The third-order valence-electron chi connectivity index (χ3n) is 5.53. The maximum absolute atomic E-state index is 12.4. The Balaban J connectivity index is 1.21. The second-order valence-corrected chi connectivity index (χ2v) is 7.47. The van der Waals surface area contributed by atoms with Gasteiger partial charge in [0, 0.05) is 12.6 Å². The van der Waals surface area contributed by atoms with Gasteiger partial charge >= 0.3 is 0 Å². The van der Waals surface area contributed by atoms with Gasteiger partial charge in [-0.25, -0.2) is 0 Å². The molecule has 0 aromatic heterocycles. The standard InChI is InChI=1S/C23H21N3O3/c27-22(14-29-18-10-9-15-5-1-2-6-16(15)11-18)24-17-12-21-23(28)25-19-7-3-4-8-20(19)26(21)13-17/h1-11,17,21H,12-14H2,(H,24,27)(H,25,28). The molecule has 2 aliphatic rings. The molecule has 3 aromatic rings. The van der Waals surface area contributed by atoms with E-state index >= 15 is 0 Å². The maximum Gasteiger partial charge on any atom is 0.258 e. The lowest BCUT2D eigenvalue weighted by Gasteiger charge is -2.32. The van der Waals surface area contributed by atoms with Crippen molar-refractivity contribution < 1.29 is 14.3 Å². The number of anilines is 2. The van der Waals surface area contributed by atoms with Crippen LogP contribution in [0.2, 0.25) is 0 Å². The van der Waals surface area contributed by atoms with Crippen LogP contribution in [0.5, 0.6) is 5.75 Å². The van der Waals surface area contributed by atoms with Crippen molar-refractivity contribution in [3.63, 3.8) is 0 Å². The summed E-state index contributed by atoms with van der Waals surface area (Å²) in [6, 6.07) is 21.2. The SMILES string of the molecule is O=C(COc1ccc2ccccc2c1)NC1CC2C(=O)Nc3ccccc3N2C1. The number of fused-ring (bicyclic) bond motifs is 4. The molecular weight excluding hydrogens is 366 g/mol. The third-order valence-corrected chi connectivity index (χ3v) is 5.53. The first-order chi connectivity index (χ1) is 14.2. The molecule has 3 aromatic carbocycles. The second-order valence-electron chi connectivity index (χ2n) is 7.47. The highest BCUT2D eigenvalue weighted by Crippen LogP contribution is 2.36. The van der Waals surface area contributed by atoms with Crippen LogP contribution >= 0.6 is 0 Å². The molecule has 1 fully saturated rings. The highest BCUT2D eigenvalue weighted by molar-refractivity contribution is 6.04. The van der Waals surface area contributed by atoms with Crippen LogP contribution in [0.3, 0.4) is 0 Å². The van der Waals surface area contributed by atoms with Crippen LogP contribution in [0.1, 0.15) is 6.42 Å². The Bertz CT molecular complexity index is 1100. The van der Waals surface area contributed by atoms with Crippen LogP contribution in [0, 0.1) is 0 Å². The van der Waals surface area contributed by atoms with E-state index < -0.39 is 0 Å². The number of hydrogen-bond acceptors (Lipinski definition) is 4. The number of carbonyl (C=O) groups is 2. The lowest BCUT2D eigenvalue weighted by atomic mass is 10.1. The van der Waals surface area contributed by atoms with Crippen molar-refractivity contribution in [3.05, 3.63) is 66.7 Å². The van der Waals surface area contributed by atoms with Gasteiger partial charge in [-0.2, -0.15) is 0 Å². The molecule has 2 N–H and O–H groups in total. The van der Waals surface area contributed by atoms with Crippen molar-refractivity contribution in [3.8, 4) is 5.75 Å². The molecule has 2 heterocycles. The molecule has 2 amide bonds. The Labute approximate surface area is 168 Å². The van der Waals surface area contributed by atoms with Crippen molar-refractivity contribution in [2.45, 2.75) is 18.5 Å². The molecule has 0 radical (unpaired) electrons. The minimum absolute atomic E-state index is 0.0205. The lowest BCUT2D eigenvalue weighted by molar-refractivity contribution is -0.124. The molecule has 146 valence electrons. The molecule has 0 aliphatic carbocycles. The van der Waals surface area contributed by atoms with Crippen LogP contribution in [-0.4, -0.2) is 37.0 Å². The zero-order valence-corrected chi connectivity index (χ0v) is 15.8. The number of nitrogens with zero attached hydrogens (tertiary/aromatic N) is 1. The van der Waals surface area contributed by atoms with Gasteiger partial charge in [-0.05, 0) is 41.5 Å². The number of benzene rings is 3. The Kier molecular flexibility index (Phi) is 4.31. The van der Waals surface area contributed by atoms with Crippen LogP contribution in [0.15, 0.2) is 66.7 Å². The van der Waals surface area contributed by atoms with Gasteiger partial charge in [0.2, 0.25) is 5.91 Å². The molecule has 6 nitrogen and oxygen atoms in total. The van der Waals surface area contributed by atoms with Gasteiger partial charge in [-0.3, -0.25) is 9.59 Å². The van der Waals surface area contributed by atoms with Crippen molar-refractivity contribution in [2.75, 3.05) is 23.4 Å². The fourth-order valence-corrected chi connectivity index (χ4v) is 4.18. The molecule has 0 saturated carbocycles. The smallest absolute Gasteiger partial charge is 0.258 e. The highest BCUT2D eigenvalue weighted by atomic mass is 16.5. The average molecular weight is 387 g/mol. The minimum Gasteiger partial charge on any atom is -0.484 e. The van der Waals surface area contributed by atoms with Crippen molar-refractivity contribution in [1.29, 1.82) is 0 Å². The number of ether oxygens (including phenoxy) is 1. The number of para-hydroxylation sites is 2. The number of rotatable bonds is 4. The summed E-state index contributed by atoms with van der Waals surface area (Å²) in [5, 5.41) is 8.16. The van der Waals surface area contributed by atoms with Gasteiger partial charge in [0.05, 0.1) is 11.4 Å². The van der Waals surface area contributed by atoms with Crippen LogP contribution in [-0.2, 0) is 9.59 Å². The normalized spacial score (nSPS) is 20.0. The van der Waals surface area contributed by atoms with Crippen molar-refractivity contribution in [1.82, 2.24) is 5.32 Å². The highest BCUT2D eigenvalue weighted by Gasteiger charge is 2.41. The van der Waals surface area contributed by atoms with Crippen molar-refractivity contribution >= 4 is 34.0 Å². The Hall–Kier alpha value is -3.54. The van der Waals surface area contributed by atoms with E-state index in [0.29, 0.717) is 18.7 Å². The molecule has 2 aliphatic heterocycles. The first-order valence-corrected chi connectivity index (χ1v) is 9.75. The second kappa shape index (κ2) is 7.13. The van der Waals surface area contributed by atoms with Gasteiger partial charge in [0.1, 0.15) is 11.8 Å². The fraction of sp³-hybridized carbons (Fsp3) is 0.217. The lowest BCUT2D eigenvalue weighted by Crippen LogP contribution is -2.44. The van der Waals surface area contributed by atoms with Gasteiger partial charge in [-0.15, -0.1) is 0 Å². The molecule has 0 spiro atoms. The number of hydrogen-bond donors (Lipinski definition) is 2. The monoisotopic (exact) mass is 387 g/mol. The van der Waals surface area contributed by atoms with E-state index in [4.69, 9.17) is 4.74 Å². The molecule has 0 bridgehead atoms. The Morgan fingerprint density at radius 1 is 1.07 bits per heavy atom.